The number of nitrogens with one attached hydrogen (secondary N) is 1. The van der Waals surface area contributed by atoms with E-state index >= 15 is 0 Å². The quantitative estimate of drug-likeness (QED) is 0.743. The van der Waals surface area contributed by atoms with Crippen molar-refractivity contribution in [2.75, 3.05) is 5.43 Å². The molecule has 0 bridgehead atoms. The molecule has 0 atom stereocenters. The fourth-order valence-corrected chi connectivity index (χ4v) is 1.98. The minimum Gasteiger partial charge on any atom is -0.279 e. The summed E-state index contributed by atoms with van der Waals surface area (Å²) in [6, 6.07) is 8.35. The smallest absolute Gasteiger partial charge is 0.0561 e. The van der Waals surface area contributed by atoms with E-state index in [2.05, 4.69) is 48.6 Å². The number of anilines is 1. The van der Waals surface area contributed by atoms with E-state index in [0.29, 0.717) is 0 Å². The summed E-state index contributed by atoms with van der Waals surface area (Å²) in [4.78, 5) is 0. The molecule has 1 aliphatic rings. The van der Waals surface area contributed by atoms with E-state index in [1.807, 2.05) is 0 Å². The van der Waals surface area contributed by atoms with Crippen LogP contribution in [0, 0.1) is 12.8 Å². The van der Waals surface area contributed by atoms with Gasteiger partial charge in [0.2, 0.25) is 0 Å². The summed E-state index contributed by atoms with van der Waals surface area (Å²) in [6.45, 7) is 4.42. The highest BCUT2D eigenvalue weighted by atomic mass is 15.3. The van der Waals surface area contributed by atoms with E-state index in [1.165, 1.54) is 24.1 Å². The molecule has 2 nitrogen and oxygen atoms in total. The topological polar surface area (TPSA) is 24.4 Å². The van der Waals surface area contributed by atoms with Crippen molar-refractivity contribution in [2.24, 2.45) is 11.0 Å². The molecule has 0 amide bonds. The van der Waals surface area contributed by atoms with Crippen LogP contribution in [0.5, 0.6) is 0 Å². The Balaban J connectivity index is 1.91. The van der Waals surface area contributed by atoms with Crippen molar-refractivity contribution in [3.05, 3.63) is 29.8 Å². The molecule has 0 radical (unpaired) electrons. The highest BCUT2D eigenvalue weighted by molar-refractivity contribution is 5.85. The van der Waals surface area contributed by atoms with Crippen molar-refractivity contribution in [2.45, 2.75) is 39.5 Å². The van der Waals surface area contributed by atoms with E-state index in [-0.39, 0.29) is 0 Å². The summed E-state index contributed by atoms with van der Waals surface area (Å²) in [5.74, 6) is 0.873. The molecule has 1 aromatic rings. The number of hydrazone groups is 1. The Morgan fingerprint density at radius 2 is 1.75 bits per heavy atom. The van der Waals surface area contributed by atoms with Gasteiger partial charge in [0, 0.05) is 5.71 Å². The average molecular weight is 216 g/mol. The summed E-state index contributed by atoms with van der Waals surface area (Å²) in [7, 11) is 0. The Kier molecular flexibility index (Phi) is 3.60. The fourth-order valence-electron chi connectivity index (χ4n) is 1.98. The second kappa shape index (κ2) is 5.15. The molecule has 2 rings (SSSR count). The first-order chi connectivity index (χ1) is 7.74. The lowest BCUT2D eigenvalue weighted by molar-refractivity contribution is 0.483. The maximum atomic E-state index is 4.48. The van der Waals surface area contributed by atoms with Gasteiger partial charge in [0.05, 0.1) is 5.69 Å². The molecule has 0 heterocycles. The van der Waals surface area contributed by atoms with Gasteiger partial charge in [-0.25, -0.2) is 0 Å². The van der Waals surface area contributed by atoms with E-state index in [0.717, 1.165) is 24.4 Å². The number of aryl methyl sites for hydroxylation is 1. The normalized spacial score (nSPS) is 20.6. The van der Waals surface area contributed by atoms with Crippen LogP contribution in [0.4, 0.5) is 5.69 Å². The van der Waals surface area contributed by atoms with Crippen molar-refractivity contribution < 1.29 is 0 Å². The predicted octanol–water partition coefficient (Wildman–Crippen LogP) is 3.97. The highest BCUT2D eigenvalue weighted by Crippen LogP contribution is 2.21. The first-order valence-electron chi connectivity index (χ1n) is 6.12. The Hall–Kier alpha value is -1.31. The summed E-state index contributed by atoms with van der Waals surface area (Å²) < 4.78 is 0. The zero-order chi connectivity index (χ0) is 11.4. The second-order valence-electron chi connectivity index (χ2n) is 4.84. The van der Waals surface area contributed by atoms with E-state index in [1.54, 1.807) is 0 Å². The molecule has 2 heteroatoms. The van der Waals surface area contributed by atoms with Crippen molar-refractivity contribution in [1.29, 1.82) is 0 Å². The monoisotopic (exact) mass is 216 g/mol. The summed E-state index contributed by atoms with van der Waals surface area (Å²) in [5, 5.41) is 4.48. The van der Waals surface area contributed by atoms with E-state index in [9.17, 15) is 0 Å². The molecule has 1 fully saturated rings. The van der Waals surface area contributed by atoms with Gasteiger partial charge >= 0.3 is 0 Å². The molecule has 1 saturated carbocycles. The third-order valence-electron chi connectivity index (χ3n) is 3.25. The van der Waals surface area contributed by atoms with Crippen LogP contribution >= 0.6 is 0 Å². The number of rotatable bonds is 2. The van der Waals surface area contributed by atoms with E-state index < -0.39 is 0 Å². The Morgan fingerprint density at radius 1 is 1.12 bits per heavy atom. The van der Waals surface area contributed by atoms with Crippen LogP contribution in [-0.4, -0.2) is 5.71 Å². The third-order valence-corrected chi connectivity index (χ3v) is 3.25. The van der Waals surface area contributed by atoms with Gasteiger partial charge < -0.3 is 0 Å². The molecule has 16 heavy (non-hydrogen) atoms. The standard InChI is InChI=1S/C14H20N2/c1-11-3-7-13(8-4-11)15-16-14-9-5-12(2)6-10-14/h3-4,7-8,12,15H,5-6,9-10H2,1-2H3. The Morgan fingerprint density at radius 3 is 2.38 bits per heavy atom. The second-order valence-corrected chi connectivity index (χ2v) is 4.84. The lowest BCUT2D eigenvalue weighted by Gasteiger charge is -2.18. The van der Waals surface area contributed by atoms with Crippen LogP contribution in [0.2, 0.25) is 0 Å². The minimum absolute atomic E-state index is 0.873. The van der Waals surface area contributed by atoms with Gasteiger partial charge in [0.15, 0.2) is 0 Å². The zero-order valence-electron chi connectivity index (χ0n) is 10.2. The van der Waals surface area contributed by atoms with Crippen LogP contribution < -0.4 is 5.43 Å². The van der Waals surface area contributed by atoms with Crippen LogP contribution in [-0.2, 0) is 0 Å². The average Bonchev–Trinajstić information content (AvgIpc) is 2.30. The maximum Gasteiger partial charge on any atom is 0.0561 e. The molecule has 1 N–H and O–H groups in total. The molecule has 0 aromatic heterocycles. The van der Waals surface area contributed by atoms with Crippen molar-refractivity contribution in [1.82, 2.24) is 0 Å². The first kappa shape index (κ1) is 11.2. The first-order valence-corrected chi connectivity index (χ1v) is 6.12. The summed E-state index contributed by atoms with van der Waals surface area (Å²) >= 11 is 0. The van der Waals surface area contributed by atoms with Gasteiger partial charge in [-0.05, 0) is 50.7 Å². The van der Waals surface area contributed by atoms with Gasteiger partial charge in [0.25, 0.3) is 0 Å². The van der Waals surface area contributed by atoms with Crippen molar-refractivity contribution in [3.63, 3.8) is 0 Å². The molecule has 0 aliphatic heterocycles. The van der Waals surface area contributed by atoms with Gasteiger partial charge in [0.1, 0.15) is 0 Å². The largest absolute Gasteiger partial charge is 0.279 e. The minimum atomic E-state index is 0.873. The SMILES string of the molecule is Cc1ccc(NN=C2CCC(C)CC2)cc1. The summed E-state index contributed by atoms with van der Waals surface area (Å²) in [5.41, 5.74) is 6.83. The third kappa shape index (κ3) is 3.09. The van der Waals surface area contributed by atoms with Crippen LogP contribution in [0.1, 0.15) is 38.2 Å². The lowest BCUT2D eigenvalue weighted by atomic mass is 9.90. The Labute approximate surface area is 97.8 Å². The lowest BCUT2D eigenvalue weighted by Crippen LogP contribution is -2.12. The maximum absolute atomic E-state index is 4.48. The summed E-state index contributed by atoms with van der Waals surface area (Å²) in [6.07, 6.45) is 4.88. The molecule has 1 aliphatic carbocycles. The molecular weight excluding hydrogens is 196 g/mol. The Bertz CT molecular complexity index is 355. The van der Waals surface area contributed by atoms with Crippen LogP contribution in [0.25, 0.3) is 0 Å². The number of hydrogen-bond donors (Lipinski definition) is 1. The van der Waals surface area contributed by atoms with E-state index in [4.69, 9.17) is 0 Å². The zero-order valence-corrected chi connectivity index (χ0v) is 10.2. The van der Waals surface area contributed by atoms with Crippen molar-refractivity contribution in [3.8, 4) is 0 Å². The van der Waals surface area contributed by atoms with Crippen LogP contribution in [0.3, 0.4) is 0 Å². The molecule has 86 valence electrons. The number of nitrogens with zero attached hydrogens (tertiary/aromatic N) is 1. The van der Waals surface area contributed by atoms with Gasteiger partial charge in [-0.15, -0.1) is 0 Å². The predicted molar refractivity (Wildman–Crippen MR) is 69.9 cm³/mol. The van der Waals surface area contributed by atoms with Gasteiger partial charge in [-0.3, -0.25) is 5.43 Å². The number of benzene rings is 1. The van der Waals surface area contributed by atoms with Crippen LogP contribution in [0.15, 0.2) is 29.4 Å². The molecule has 0 unspecified atom stereocenters. The van der Waals surface area contributed by atoms with Gasteiger partial charge in [-0.2, -0.15) is 5.10 Å². The molecule has 0 saturated heterocycles. The van der Waals surface area contributed by atoms with Crippen molar-refractivity contribution >= 4 is 11.4 Å². The van der Waals surface area contributed by atoms with Gasteiger partial charge in [-0.1, -0.05) is 24.6 Å². The fraction of sp³-hybridized carbons (Fsp3) is 0.500. The molecule has 1 aromatic carbocycles. The highest BCUT2D eigenvalue weighted by Gasteiger charge is 2.13. The number of hydrogen-bond acceptors (Lipinski definition) is 2. The molecular formula is C14H20N2. The molecule has 0 spiro atoms.